The van der Waals surface area contributed by atoms with Gasteiger partial charge in [0.1, 0.15) is 47.5 Å². The summed E-state index contributed by atoms with van der Waals surface area (Å²) >= 11 is 2.52. The first kappa shape index (κ1) is 57.8. The van der Waals surface area contributed by atoms with Crippen LogP contribution in [0.25, 0.3) is 0 Å². The summed E-state index contributed by atoms with van der Waals surface area (Å²) in [5.74, 6) is -5.72. The minimum absolute atomic E-state index is 0.0861. The van der Waals surface area contributed by atoms with E-state index in [9.17, 15) is 47.9 Å². The molecule has 2 heterocycles. The molecule has 2 aliphatic heterocycles. The molecule has 374 valence electrons. The van der Waals surface area contributed by atoms with Gasteiger partial charge in [0, 0.05) is 78.4 Å². The fourth-order valence-corrected chi connectivity index (χ4v) is 10.3. The summed E-state index contributed by atoms with van der Waals surface area (Å²) in [4.78, 5) is 146. The molecule has 2 aliphatic rings. The summed E-state index contributed by atoms with van der Waals surface area (Å²) in [6, 6.07) is -7.72. The van der Waals surface area contributed by atoms with E-state index in [0.29, 0.717) is 0 Å². The first-order valence-corrected chi connectivity index (χ1v) is 26.1. The monoisotopic (exact) mass is 1010 g/mol. The van der Waals surface area contributed by atoms with Crippen LogP contribution in [0.2, 0.25) is 0 Å². The van der Waals surface area contributed by atoms with Crippen molar-refractivity contribution in [1.82, 2.24) is 50.7 Å². The number of hydrogen-bond donors (Lipinski definition) is 4. The van der Waals surface area contributed by atoms with Gasteiger partial charge in [0.2, 0.25) is 47.3 Å². The molecule has 6 atom stereocenters. The van der Waals surface area contributed by atoms with Crippen LogP contribution in [-0.2, 0) is 47.8 Å². The average molecular weight is 1010 g/mol. The van der Waals surface area contributed by atoms with Crippen molar-refractivity contribution in [3.05, 3.63) is 0 Å². The number of alkyl carbamates (subject to hydrolysis) is 2. The minimum atomic E-state index is -1.46. The number of hydrogen-bond acceptors (Lipinski definition) is 16. The third-order valence-electron chi connectivity index (χ3n) is 10.2. The fraction of sp³-hybridized carbons (Fsp3) is 0.750. The molecule has 0 aromatic heterocycles. The van der Waals surface area contributed by atoms with Gasteiger partial charge in [-0.2, -0.15) is 23.5 Å². The molecule has 10 amide bonds. The Hall–Kier alpha value is -4.30. The van der Waals surface area contributed by atoms with Crippen LogP contribution in [0.5, 0.6) is 0 Å². The maximum Gasteiger partial charge on any atom is 0.408 e. The van der Waals surface area contributed by atoms with E-state index in [4.69, 9.17) is 9.47 Å². The van der Waals surface area contributed by atoms with E-state index in [1.807, 2.05) is 0 Å². The van der Waals surface area contributed by atoms with E-state index in [1.54, 1.807) is 54.1 Å². The third-order valence-corrected chi connectivity index (χ3v) is 13.9. The van der Waals surface area contributed by atoms with Gasteiger partial charge in [0.15, 0.2) is 0 Å². The number of nitrogens with one attached hydrogen (secondary N) is 4. The highest BCUT2D eigenvalue weighted by atomic mass is 33.1. The van der Waals surface area contributed by atoms with Crippen LogP contribution < -0.4 is 21.3 Å². The number of likely N-dealkylation sites (N-methyl/N-ethyl adjacent to an activating group) is 6. The third kappa shape index (κ3) is 17.4. The molecule has 0 aliphatic carbocycles. The maximum atomic E-state index is 14.6. The summed E-state index contributed by atoms with van der Waals surface area (Å²) in [5.41, 5.74) is -1.92. The van der Waals surface area contributed by atoms with Crippen LogP contribution in [0, 0.1) is 0 Å². The smallest absolute Gasteiger partial charge is 0.408 e. The zero-order valence-electron chi connectivity index (χ0n) is 40.3. The largest absolute Gasteiger partial charge is 0.444 e. The van der Waals surface area contributed by atoms with Gasteiger partial charge in [-0.05, 0) is 54.1 Å². The topological polar surface area (TPSA) is 257 Å². The number of rotatable bonds is 6. The van der Waals surface area contributed by atoms with Crippen molar-refractivity contribution in [2.24, 2.45) is 0 Å². The number of nitrogens with zero attached hydrogens (tertiary/aromatic N) is 6. The molecule has 2 bridgehead atoms. The van der Waals surface area contributed by atoms with Crippen molar-refractivity contribution in [3.63, 3.8) is 0 Å². The van der Waals surface area contributed by atoms with E-state index >= 15 is 0 Å². The van der Waals surface area contributed by atoms with Gasteiger partial charge in [-0.3, -0.25) is 38.4 Å². The maximum absolute atomic E-state index is 14.6. The van der Waals surface area contributed by atoms with Crippen molar-refractivity contribution in [3.8, 4) is 0 Å². The molecule has 2 saturated heterocycles. The van der Waals surface area contributed by atoms with Crippen molar-refractivity contribution in [1.29, 1.82) is 0 Å². The van der Waals surface area contributed by atoms with Gasteiger partial charge in [-0.25, -0.2) is 9.59 Å². The number of carbonyl (C=O) groups excluding carboxylic acids is 10. The molecule has 0 aromatic rings. The van der Waals surface area contributed by atoms with E-state index < -0.39 is 133 Å². The van der Waals surface area contributed by atoms with Crippen molar-refractivity contribution >= 4 is 105 Å². The van der Waals surface area contributed by atoms with Gasteiger partial charge >= 0.3 is 12.2 Å². The summed E-state index contributed by atoms with van der Waals surface area (Å²) in [5, 5.41) is 9.96. The van der Waals surface area contributed by atoms with E-state index in [-0.39, 0.29) is 23.0 Å². The molecule has 0 spiro atoms. The fourth-order valence-electron chi connectivity index (χ4n) is 6.41. The highest BCUT2D eigenvalue weighted by Crippen LogP contribution is 2.28. The Morgan fingerprint density at radius 1 is 0.576 bits per heavy atom. The first-order chi connectivity index (χ1) is 30.5. The van der Waals surface area contributed by atoms with Crippen LogP contribution in [0.15, 0.2) is 0 Å². The molecule has 4 N–H and O–H groups in total. The quantitative estimate of drug-likeness (QED) is 0.242. The van der Waals surface area contributed by atoms with Gasteiger partial charge in [-0.15, -0.1) is 0 Å². The van der Waals surface area contributed by atoms with Crippen molar-refractivity contribution in [2.45, 2.75) is 89.0 Å². The Labute approximate surface area is 403 Å². The Morgan fingerprint density at radius 3 is 1.18 bits per heavy atom. The van der Waals surface area contributed by atoms with Crippen molar-refractivity contribution in [2.75, 3.05) is 104 Å². The normalized spacial score (nSPS) is 25.0. The summed E-state index contributed by atoms with van der Waals surface area (Å²) < 4.78 is 10.8. The van der Waals surface area contributed by atoms with Gasteiger partial charge in [0.25, 0.3) is 0 Å². The van der Waals surface area contributed by atoms with E-state index in [0.717, 1.165) is 41.2 Å². The predicted octanol–water partition coefficient (Wildman–Crippen LogP) is -0.635. The van der Waals surface area contributed by atoms with Crippen LogP contribution >= 0.6 is 45.1 Å². The lowest BCUT2D eigenvalue weighted by Gasteiger charge is -2.37. The summed E-state index contributed by atoms with van der Waals surface area (Å²) in [6.07, 6.45) is 1.49. The lowest BCUT2D eigenvalue weighted by Crippen LogP contribution is -2.61. The molecule has 2 fully saturated rings. The number of carbonyl (C=O) groups is 10. The Kier molecular flexibility index (Phi) is 22.5. The Balaban J connectivity index is 2.84. The lowest BCUT2D eigenvalue weighted by atomic mass is 10.1. The minimum Gasteiger partial charge on any atom is -0.444 e. The van der Waals surface area contributed by atoms with Crippen LogP contribution in [-0.4, -0.2) is 240 Å². The second-order valence-corrected chi connectivity index (χ2v) is 22.1. The summed E-state index contributed by atoms with van der Waals surface area (Å²) in [6.45, 7) is 7.58. The molecule has 0 aromatic carbocycles. The molecule has 22 nitrogen and oxygen atoms in total. The molecule has 0 unspecified atom stereocenters. The van der Waals surface area contributed by atoms with Gasteiger partial charge in [0.05, 0.1) is 13.1 Å². The van der Waals surface area contributed by atoms with E-state index in [2.05, 4.69) is 21.3 Å². The highest BCUT2D eigenvalue weighted by Gasteiger charge is 2.40. The SMILES string of the molecule is CSC[C@H]1C(=O)N(C)C[C@H](NC(=O)OC(C)(C)C)C(=O)NCC(=O)N(C)[C@H]2CSSC[C@@H](C(=O)N1C)N(C)C(=O)CNC(=O)[C@H](NC(=O)OC(C)(C)C)CN(C)C(=O)[C@H](CSC)N(C)C2=O. The number of thioether (sulfide) groups is 2. The molecular weight excluding hydrogens is 941 g/mol. The average Bonchev–Trinajstić information content (AvgIpc) is 3.22. The van der Waals surface area contributed by atoms with E-state index in [1.165, 1.54) is 75.6 Å². The molecule has 2 rings (SSSR count). The standard InChI is InChI=1S/C40H68N10O12S4/c1-39(2,3)61-37(59)43-23-17-45(7)33(55)25(19-63-13)49(11)35(57)28-22-66-65-21-27(47(9)29(51)15-41-31(23)53)36(58)50(12)26(20-64-14)34(56)46(8)18-24(44-38(60)62-40(4,5)6)32(54)42-16-30(52)48(28)10/h23-28H,15-22H2,1-14H3,(H,41,53)(H,42,54)(H,43,59)(H,44,60)/t23-,24+,25-,26-,27-,28-/m0/s1. The Bertz CT molecular complexity index is 1680. The molecule has 66 heavy (non-hydrogen) atoms. The van der Waals surface area contributed by atoms with Crippen molar-refractivity contribution < 1.29 is 57.4 Å². The zero-order chi connectivity index (χ0) is 50.4. The second kappa shape index (κ2) is 25.7. The summed E-state index contributed by atoms with van der Waals surface area (Å²) in [7, 11) is 10.5. The number of fused-ring (bicyclic) bond motifs is 5. The molecule has 0 radical (unpaired) electrons. The van der Waals surface area contributed by atoms with Crippen LogP contribution in [0.4, 0.5) is 9.59 Å². The highest BCUT2D eigenvalue weighted by molar-refractivity contribution is 8.76. The number of amides is 10. The zero-order valence-corrected chi connectivity index (χ0v) is 43.6. The second-order valence-electron chi connectivity index (χ2n) is 17.7. The first-order valence-electron chi connectivity index (χ1n) is 20.9. The number of ether oxygens (including phenoxy) is 2. The molecular formula is C40H68N10O12S4. The molecule has 26 heteroatoms. The Morgan fingerprint density at radius 2 is 0.894 bits per heavy atom. The van der Waals surface area contributed by atoms with Crippen LogP contribution in [0.3, 0.4) is 0 Å². The van der Waals surface area contributed by atoms with Crippen LogP contribution in [0.1, 0.15) is 41.5 Å². The predicted molar refractivity (Wildman–Crippen MR) is 256 cm³/mol. The van der Waals surface area contributed by atoms with Gasteiger partial charge < -0.3 is 60.1 Å². The molecule has 0 saturated carbocycles. The lowest BCUT2D eigenvalue weighted by molar-refractivity contribution is -0.149. The van der Waals surface area contributed by atoms with Gasteiger partial charge in [-0.1, -0.05) is 21.6 Å².